The number of nitrogens with one attached hydrogen (secondary N) is 1. The van der Waals surface area contributed by atoms with E-state index >= 15 is 0 Å². The maximum atomic E-state index is 13.7. The molecule has 8 nitrogen and oxygen atoms in total. The van der Waals surface area contributed by atoms with Crippen molar-refractivity contribution >= 4 is 49.0 Å². The molecule has 0 radical (unpaired) electrons. The molecule has 1 N–H and O–H groups in total. The molecule has 1 fully saturated rings. The van der Waals surface area contributed by atoms with E-state index < -0.39 is 45.0 Å². The molecule has 1 aliphatic rings. The summed E-state index contributed by atoms with van der Waals surface area (Å²) in [4.78, 5) is 20.2. The Morgan fingerprint density at radius 3 is 2.38 bits per heavy atom. The molecule has 0 saturated carbocycles. The lowest BCUT2D eigenvalue weighted by Gasteiger charge is -2.36. The number of carbonyl (C=O) groups excluding carboxylic acids is 1. The van der Waals surface area contributed by atoms with E-state index in [2.05, 4.69) is 4.98 Å². The number of alkyl halides is 3. The molecule has 0 bridgehead atoms. The Balaban J connectivity index is 1.55. The van der Waals surface area contributed by atoms with Gasteiger partial charge in [0.1, 0.15) is 21.4 Å². The van der Waals surface area contributed by atoms with Crippen LogP contribution in [0.3, 0.4) is 0 Å². The molecule has 1 amide bonds. The number of benzene rings is 1. The highest BCUT2D eigenvalue weighted by molar-refractivity contribution is 7.94. The molecule has 3 aromatic rings. The van der Waals surface area contributed by atoms with Gasteiger partial charge in [0.2, 0.25) is 0 Å². The third-order valence-electron chi connectivity index (χ3n) is 5.37. The average molecular weight is 561 g/mol. The van der Waals surface area contributed by atoms with Gasteiger partial charge in [0.15, 0.2) is 0 Å². The lowest BCUT2D eigenvalue weighted by molar-refractivity contribution is -0.137. The highest BCUT2D eigenvalue weighted by Gasteiger charge is 2.32. The Labute approximate surface area is 214 Å². The van der Waals surface area contributed by atoms with Gasteiger partial charge in [-0.2, -0.15) is 13.2 Å². The van der Waals surface area contributed by atoms with E-state index in [9.17, 15) is 30.8 Å². The van der Waals surface area contributed by atoms with Gasteiger partial charge in [0, 0.05) is 42.5 Å². The van der Waals surface area contributed by atoms with E-state index in [1.54, 1.807) is 31.7 Å². The number of halogens is 4. The molecule has 0 spiro atoms. The molecular formula is C23H24F4N4O4S2. The van der Waals surface area contributed by atoms with Crippen molar-refractivity contribution < 1.29 is 35.5 Å². The van der Waals surface area contributed by atoms with E-state index in [0.717, 1.165) is 11.3 Å². The van der Waals surface area contributed by atoms with Crippen molar-refractivity contribution in [3.05, 3.63) is 47.9 Å². The third-order valence-corrected chi connectivity index (χ3v) is 8.33. The number of aromatic nitrogens is 1. The lowest BCUT2D eigenvalue weighted by Crippen LogP contribution is -2.50. The monoisotopic (exact) mass is 560 g/mol. The Hall–Kier alpha value is -3.13. The maximum absolute atomic E-state index is 13.7. The van der Waals surface area contributed by atoms with Crippen LogP contribution in [0.25, 0.3) is 10.1 Å². The summed E-state index contributed by atoms with van der Waals surface area (Å²) in [6.07, 6.45) is -3.73. The van der Waals surface area contributed by atoms with Crippen LogP contribution >= 0.6 is 11.3 Å². The van der Waals surface area contributed by atoms with Crippen LogP contribution in [0.4, 0.5) is 33.9 Å². The van der Waals surface area contributed by atoms with E-state index in [1.165, 1.54) is 12.3 Å². The predicted molar refractivity (Wildman–Crippen MR) is 132 cm³/mol. The minimum atomic E-state index is -4.84. The van der Waals surface area contributed by atoms with Gasteiger partial charge < -0.3 is 14.5 Å². The van der Waals surface area contributed by atoms with Crippen molar-refractivity contribution in [3.8, 4) is 0 Å². The maximum Gasteiger partial charge on any atom is 0.416 e. The fourth-order valence-corrected chi connectivity index (χ4v) is 6.17. The number of piperazine rings is 1. The van der Waals surface area contributed by atoms with E-state index in [-0.39, 0.29) is 10.3 Å². The van der Waals surface area contributed by atoms with Crippen LogP contribution in [0.5, 0.6) is 0 Å². The first-order valence-corrected chi connectivity index (χ1v) is 13.4. The number of carbonyl (C=O) groups is 1. The van der Waals surface area contributed by atoms with Gasteiger partial charge >= 0.3 is 12.3 Å². The molecule has 4 rings (SSSR count). The van der Waals surface area contributed by atoms with Crippen molar-refractivity contribution in [1.29, 1.82) is 0 Å². The molecule has 0 unspecified atom stereocenters. The Morgan fingerprint density at radius 1 is 1.08 bits per heavy atom. The summed E-state index contributed by atoms with van der Waals surface area (Å²) in [5.74, 6) is -0.704. The molecule has 1 aliphatic heterocycles. The minimum absolute atomic E-state index is 0.165. The standard InChI is InChI=1S/C23H24F4N4O4S2/c1-22(2,3)35-21(32)31-8-6-30(7-9-31)20-17-13-19(36-18(17)4-5-28-20)37(33,34)29-16-11-14(23(25,26)27)10-15(24)12-16/h4-5,10-13,29H,6-9H2,1-3H3. The van der Waals surface area contributed by atoms with Gasteiger partial charge in [-0.1, -0.05) is 0 Å². The van der Waals surface area contributed by atoms with E-state index in [1.807, 2.05) is 9.62 Å². The lowest BCUT2D eigenvalue weighted by atomic mass is 10.2. The predicted octanol–water partition coefficient (Wildman–Crippen LogP) is 5.31. The second-order valence-corrected chi connectivity index (χ2v) is 12.4. The van der Waals surface area contributed by atoms with Crippen LogP contribution in [-0.2, 0) is 20.9 Å². The Morgan fingerprint density at radius 2 is 1.76 bits per heavy atom. The molecule has 2 aromatic heterocycles. The van der Waals surface area contributed by atoms with Gasteiger partial charge in [-0.15, -0.1) is 11.3 Å². The van der Waals surface area contributed by atoms with Crippen molar-refractivity contribution in [2.24, 2.45) is 0 Å². The number of pyridine rings is 1. The summed E-state index contributed by atoms with van der Waals surface area (Å²) in [5.41, 5.74) is -2.46. The van der Waals surface area contributed by atoms with Gasteiger partial charge in [0.05, 0.1) is 11.3 Å². The summed E-state index contributed by atoms with van der Waals surface area (Å²) in [7, 11) is -4.32. The fraction of sp³-hybridized carbons (Fsp3) is 0.391. The van der Waals surface area contributed by atoms with Crippen molar-refractivity contribution in [1.82, 2.24) is 9.88 Å². The zero-order chi connectivity index (χ0) is 27.2. The number of hydrogen-bond acceptors (Lipinski definition) is 7. The number of thiophene rings is 1. The number of fused-ring (bicyclic) bond motifs is 1. The van der Waals surface area contributed by atoms with Gasteiger partial charge in [-0.05, 0) is 51.1 Å². The smallest absolute Gasteiger partial charge is 0.416 e. The molecule has 1 saturated heterocycles. The Bertz CT molecular complexity index is 1430. The summed E-state index contributed by atoms with van der Waals surface area (Å²) in [5, 5.41) is 0.536. The molecule has 200 valence electrons. The largest absolute Gasteiger partial charge is 0.444 e. The van der Waals surface area contributed by atoms with Crippen LogP contribution in [0.15, 0.2) is 40.7 Å². The molecule has 14 heteroatoms. The molecule has 0 atom stereocenters. The van der Waals surface area contributed by atoms with Crippen LogP contribution in [-0.4, -0.2) is 56.2 Å². The topological polar surface area (TPSA) is 91.8 Å². The quantitative estimate of drug-likeness (QED) is 0.435. The van der Waals surface area contributed by atoms with Gasteiger partial charge in [-0.3, -0.25) is 4.72 Å². The fourth-order valence-electron chi connectivity index (χ4n) is 3.75. The number of sulfonamides is 1. The number of nitrogens with zero attached hydrogens (tertiary/aromatic N) is 3. The number of ether oxygens (including phenoxy) is 1. The summed E-state index contributed by atoms with van der Waals surface area (Å²) >= 11 is 0.910. The molecule has 0 aliphatic carbocycles. The van der Waals surface area contributed by atoms with Crippen LogP contribution in [0.1, 0.15) is 26.3 Å². The summed E-state index contributed by atoms with van der Waals surface area (Å²) in [6, 6.07) is 4.51. The minimum Gasteiger partial charge on any atom is -0.444 e. The zero-order valence-corrected chi connectivity index (χ0v) is 21.7. The first-order valence-electron chi connectivity index (χ1n) is 11.1. The Kier molecular flexibility index (Phi) is 7.01. The zero-order valence-electron chi connectivity index (χ0n) is 20.1. The number of amides is 1. The first-order chi connectivity index (χ1) is 17.1. The van der Waals surface area contributed by atoms with Crippen molar-refractivity contribution in [2.75, 3.05) is 35.8 Å². The number of rotatable bonds is 4. The summed E-state index contributed by atoms with van der Waals surface area (Å²) in [6.45, 7) is 6.98. The third kappa shape index (κ3) is 6.24. The van der Waals surface area contributed by atoms with Crippen molar-refractivity contribution in [3.63, 3.8) is 0 Å². The second-order valence-electron chi connectivity index (χ2n) is 9.40. The summed E-state index contributed by atoms with van der Waals surface area (Å²) < 4.78 is 86.6. The SMILES string of the molecule is CC(C)(C)OC(=O)N1CCN(c2nccc3sc(S(=O)(=O)Nc4cc(F)cc(C(F)(F)F)c4)cc23)CC1. The van der Waals surface area contributed by atoms with Crippen LogP contribution in [0, 0.1) is 5.82 Å². The van der Waals surface area contributed by atoms with Crippen molar-refractivity contribution in [2.45, 2.75) is 36.8 Å². The molecular weight excluding hydrogens is 536 g/mol. The normalized spacial score (nSPS) is 15.2. The van der Waals surface area contributed by atoms with Gasteiger partial charge in [-0.25, -0.2) is 22.6 Å². The van der Waals surface area contributed by atoms with Crippen LogP contribution in [0.2, 0.25) is 0 Å². The molecule has 3 heterocycles. The van der Waals surface area contributed by atoms with E-state index in [4.69, 9.17) is 4.74 Å². The van der Waals surface area contributed by atoms with Crippen LogP contribution < -0.4 is 9.62 Å². The highest BCUT2D eigenvalue weighted by atomic mass is 32.2. The average Bonchev–Trinajstić information content (AvgIpc) is 3.22. The molecule has 1 aromatic carbocycles. The first kappa shape index (κ1) is 26.9. The van der Waals surface area contributed by atoms with Gasteiger partial charge in [0.25, 0.3) is 10.0 Å². The second kappa shape index (κ2) is 9.63. The number of hydrogen-bond donors (Lipinski definition) is 1. The number of anilines is 2. The molecule has 37 heavy (non-hydrogen) atoms. The van der Waals surface area contributed by atoms with E-state index in [0.29, 0.717) is 54.2 Å². The highest BCUT2D eigenvalue weighted by Crippen LogP contribution is 2.36.